The first kappa shape index (κ1) is 15.3. The second kappa shape index (κ2) is 8.39. The van der Waals surface area contributed by atoms with Crippen LogP contribution in [-0.4, -0.2) is 6.18 Å². The zero-order chi connectivity index (χ0) is 10.9. The molecule has 0 bridgehead atoms. The van der Waals surface area contributed by atoms with Gasteiger partial charge in [-0.3, -0.25) is 0 Å². The summed E-state index contributed by atoms with van der Waals surface area (Å²) in [6.45, 7) is 7.57. The molecule has 0 aromatic rings. The number of hydrogen-bond acceptors (Lipinski definition) is 0. The fourth-order valence-electron chi connectivity index (χ4n) is 1.17. The fourth-order valence-corrected chi connectivity index (χ4v) is 1.17. The van der Waals surface area contributed by atoms with Crippen molar-refractivity contribution in [3.05, 3.63) is 0 Å². The van der Waals surface area contributed by atoms with E-state index in [0.717, 1.165) is 0 Å². The number of rotatable bonds is 4. The number of hydrogen-bond donors (Lipinski definition) is 0. The quantitative estimate of drug-likeness (QED) is 0.609. The molecule has 0 nitrogen and oxygen atoms in total. The molecule has 0 rings (SSSR count). The average molecular weight is 198 g/mol. The Labute approximate surface area is 79.5 Å². The highest BCUT2D eigenvalue weighted by Crippen LogP contribution is 2.32. The monoisotopic (exact) mass is 198 g/mol. The lowest BCUT2D eigenvalue weighted by Crippen LogP contribution is -2.22. The second-order valence-electron chi connectivity index (χ2n) is 2.82. The largest absolute Gasteiger partial charge is 0.391 e. The summed E-state index contributed by atoms with van der Waals surface area (Å²) in [5.41, 5.74) is 0. The maximum atomic E-state index is 12.1. The third-order valence-corrected chi connectivity index (χ3v) is 1.74. The Balaban J connectivity index is 0. The van der Waals surface area contributed by atoms with Crippen molar-refractivity contribution in [1.82, 2.24) is 0 Å². The summed E-state index contributed by atoms with van der Waals surface area (Å²) in [6.07, 6.45) is -2.20. The van der Waals surface area contributed by atoms with E-state index in [1.165, 1.54) is 0 Å². The van der Waals surface area contributed by atoms with Gasteiger partial charge in [0.05, 0.1) is 5.92 Å². The van der Waals surface area contributed by atoms with E-state index in [2.05, 4.69) is 0 Å². The highest BCUT2D eigenvalue weighted by atomic mass is 19.4. The zero-order valence-electron chi connectivity index (χ0n) is 9.04. The molecule has 0 aliphatic carbocycles. The maximum absolute atomic E-state index is 12.1. The second-order valence-corrected chi connectivity index (χ2v) is 2.82. The lowest BCUT2D eigenvalue weighted by molar-refractivity contribution is -0.178. The predicted molar refractivity (Wildman–Crippen MR) is 50.7 cm³/mol. The average Bonchev–Trinajstić information content (AvgIpc) is 2.06. The van der Waals surface area contributed by atoms with Crippen molar-refractivity contribution in [1.29, 1.82) is 0 Å². The van der Waals surface area contributed by atoms with E-state index in [1.54, 1.807) is 13.8 Å². The number of halogens is 3. The van der Waals surface area contributed by atoms with Crippen molar-refractivity contribution >= 4 is 0 Å². The van der Waals surface area contributed by atoms with Crippen LogP contribution in [0.5, 0.6) is 0 Å². The first-order chi connectivity index (χ1) is 6.02. The summed E-state index contributed by atoms with van der Waals surface area (Å²) in [6, 6.07) is 0. The third-order valence-electron chi connectivity index (χ3n) is 1.74. The summed E-state index contributed by atoms with van der Waals surface area (Å²) >= 11 is 0. The van der Waals surface area contributed by atoms with Crippen molar-refractivity contribution in [3.63, 3.8) is 0 Å². The zero-order valence-corrected chi connectivity index (χ0v) is 9.04. The first-order valence-corrected chi connectivity index (χ1v) is 5.09. The van der Waals surface area contributed by atoms with Crippen molar-refractivity contribution in [2.45, 2.75) is 59.6 Å². The van der Waals surface area contributed by atoms with Crippen LogP contribution in [0.4, 0.5) is 13.2 Å². The molecular formula is C10H21F3. The smallest absolute Gasteiger partial charge is 0.171 e. The van der Waals surface area contributed by atoms with Crippen LogP contribution < -0.4 is 0 Å². The van der Waals surface area contributed by atoms with E-state index >= 15 is 0 Å². The predicted octanol–water partition coefficient (Wildman–Crippen LogP) is 4.79. The van der Waals surface area contributed by atoms with Gasteiger partial charge >= 0.3 is 6.18 Å². The van der Waals surface area contributed by atoms with E-state index < -0.39 is 12.1 Å². The molecule has 3 heteroatoms. The maximum Gasteiger partial charge on any atom is 0.391 e. The highest BCUT2D eigenvalue weighted by molar-refractivity contribution is 4.66. The van der Waals surface area contributed by atoms with Gasteiger partial charge in [0.15, 0.2) is 0 Å². The molecule has 0 unspecified atom stereocenters. The summed E-state index contributed by atoms with van der Waals surface area (Å²) in [4.78, 5) is 0. The first-order valence-electron chi connectivity index (χ1n) is 5.09. The molecule has 0 atom stereocenters. The minimum atomic E-state index is -3.98. The van der Waals surface area contributed by atoms with Gasteiger partial charge in [-0.2, -0.15) is 13.2 Å². The van der Waals surface area contributed by atoms with Gasteiger partial charge in [-0.1, -0.05) is 40.5 Å². The van der Waals surface area contributed by atoms with Crippen LogP contribution >= 0.6 is 0 Å². The van der Waals surface area contributed by atoms with E-state index in [1.807, 2.05) is 13.8 Å². The van der Waals surface area contributed by atoms with Crippen molar-refractivity contribution in [2.75, 3.05) is 0 Å². The highest BCUT2D eigenvalue weighted by Gasteiger charge is 2.37. The Morgan fingerprint density at radius 3 is 1.38 bits per heavy atom. The lowest BCUT2D eigenvalue weighted by atomic mass is 9.98. The van der Waals surface area contributed by atoms with Gasteiger partial charge in [-0.25, -0.2) is 0 Å². The van der Waals surface area contributed by atoms with E-state index in [0.29, 0.717) is 12.8 Å². The van der Waals surface area contributed by atoms with Crippen molar-refractivity contribution in [3.8, 4) is 0 Å². The topological polar surface area (TPSA) is 0 Å². The molecular weight excluding hydrogens is 177 g/mol. The molecule has 0 aliphatic rings. The molecule has 0 spiro atoms. The molecule has 0 heterocycles. The summed E-state index contributed by atoms with van der Waals surface area (Å²) in [5, 5.41) is 0. The van der Waals surface area contributed by atoms with Crippen LogP contribution in [0, 0.1) is 5.92 Å². The van der Waals surface area contributed by atoms with Gasteiger partial charge < -0.3 is 0 Å². The Kier molecular flexibility index (Phi) is 9.86. The van der Waals surface area contributed by atoms with Gasteiger partial charge in [-0.05, 0) is 12.8 Å². The van der Waals surface area contributed by atoms with Crippen molar-refractivity contribution < 1.29 is 13.2 Å². The molecule has 0 aromatic heterocycles. The molecule has 0 fully saturated rings. The van der Waals surface area contributed by atoms with Crippen molar-refractivity contribution in [2.24, 2.45) is 5.92 Å². The van der Waals surface area contributed by atoms with E-state index in [-0.39, 0.29) is 12.8 Å². The van der Waals surface area contributed by atoms with Crippen LogP contribution in [0.2, 0.25) is 0 Å². The Hall–Kier alpha value is -0.210. The van der Waals surface area contributed by atoms with Crippen LogP contribution in [0.15, 0.2) is 0 Å². The van der Waals surface area contributed by atoms with Gasteiger partial charge in [0.25, 0.3) is 0 Å². The molecule has 0 N–H and O–H groups in total. The van der Waals surface area contributed by atoms with Gasteiger partial charge in [0, 0.05) is 0 Å². The van der Waals surface area contributed by atoms with Crippen LogP contribution in [-0.2, 0) is 0 Å². The van der Waals surface area contributed by atoms with Gasteiger partial charge in [0.1, 0.15) is 0 Å². The summed E-state index contributed by atoms with van der Waals surface area (Å²) in [5.74, 6) is -1.07. The Bertz CT molecular complexity index is 90.8. The van der Waals surface area contributed by atoms with Gasteiger partial charge in [0.2, 0.25) is 0 Å². The standard InChI is InChI=1S/C8H15F3.C2H6/c1-3-5-7(6-4-2)8(9,10)11;1-2/h7H,3-6H2,1-2H3;1-2H3. The molecule has 0 radical (unpaired) electrons. The normalized spacial score (nSPS) is 11.1. The Morgan fingerprint density at radius 1 is 0.923 bits per heavy atom. The molecule has 0 amide bonds. The minimum Gasteiger partial charge on any atom is -0.171 e. The SMILES string of the molecule is CC.CCCC(CCC)C(F)(F)F. The third kappa shape index (κ3) is 8.13. The van der Waals surface area contributed by atoms with Crippen LogP contribution in [0.3, 0.4) is 0 Å². The summed E-state index contributed by atoms with van der Waals surface area (Å²) < 4.78 is 36.3. The van der Waals surface area contributed by atoms with Crippen LogP contribution in [0.25, 0.3) is 0 Å². The summed E-state index contributed by atoms with van der Waals surface area (Å²) in [7, 11) is 0. The van der Waals surface area contributed by atoms with Gasteiger partial charge in [-0.15, -0.1) is 0 Å². The fraction of sp³-hybridized carbons (Fsp3) is 1.00. The molecule has 0 saturated heterocycles. The molecule has 0 aliphatic heterocycles. The van der Waals surface area contributed by atoms with Crippen LogP contribution in [0.1, 0.15) is 53.4 Å². The van der Waals surface area contributed by atoms with E-state index in [9.17, 15) is 13.2 Å². The van der Waals surface area contributed by atoms with E-state index in [4.69, 9.17) is 0 Å². The Morgan fingerprint density at radius 2 is 1.23 bits per heavy atom. The number of alkyl halides is 3. The molecule has 0 saturated carbocycles. The molecule has 13 heavy (non-hydrogen) atoms. The molecule has 0 aromatic carbocycles. The minimum absolute atomic E-state index is 0.275. The lowest BCUT2D eigenvalue weighted by Gasteiger charge is -2.18. The molecule has 82 valence electrons.